The second kappa shape index (κ2) is 12.6. The van der Waals surface area contributed by atoms with Crippen LogP contribution in [0, 0.1) is 0 Å². The fourth-order valence-corrected chi connectivity index (χ4v) is 4.01. The molecule has 0 saturated carbocycles. The average molecular weight is 331 g/mol. The summed E-state index contributed by atoms with van der Waals surface area (Å²) in [5.74, 6) is 2.05. The Morgan fingerprint density at radius 1 is 1.14 bits per heavy atom. The number of rotatable bonds is 12. The lowest BCUT2D eigenvalue weighted by Gasteiger charge is -2.14. The minimum atomic E-state index is -0.450. The van der Waals surface area contributed by atoms with Crippen LogP contribution in [0.4, 0.5) is 0 Å². The van der Waals surface area contributed by atoms with Crippen LogP contribution < -0.4 is 0 Å². The van der Waals surface area contributed by atoms with E-state index in [4.69, 9.17) is 9.47 Å². The first-order valence-corrected chi connectivity index (χ1v) is 9.80. The molecule has 0 aliphatic heterocycles. The maximum absolute atomic E-state index is 12.0. The van der Waals surface area contributed by atoms with Gasteiger partial charge in [0, 0.05) is 5.57 Å². The monoisotopic (exact) mass is 331 g/mol. The van der Waals surface area contributed by atoms with Crippen LogP contribution in [0.15, 0.2) is 12.2 Å². The van der Waals surface area contributed by atoms with Crippen molar-refractivity contribution in [3.63, 3.8) is 0 Å². The van der Waals surface area contributed by atoms with Gasteiger partial charge in [0.15, 0.2) is 0 Å². The SMILES string of the molecule is C=C(C)C(=O)OCC(C)OC(=O)C[S+](CCCC)CCCC. The van der Waals surface area contributed by atoms with E-state index in [-0.39, 0.29) is 23.5 Å². The number of carbonyl (C=O) groups excluding carboxylic acids is 2. The van der Waals surface area contributed by atoms with Crippen molar-refractivity contribution in [2.75, 3.05) is 23.9 Å². The Balaban J connectivity index is 4.14. The molecule has 0 rings (SSSR count). The van der Waals surface area contributed by atoms with Crippen LogP contribution in [-0.4, -0.2) is 41.9 Å². The molecular formula is C17H31O4S+. The predicted molar refractivity (Wildman–Crippen MR) is 93.1 cm³/mol. The third kappa shape index (κ3) is 10.7. The van der Waals surface area contributed by atoms with Crippen molar-refractivity contribution in [3.05, 3.63) is 12.2 Å². The van der Waals surface area contributed by atoms with Crippen LogP contribution in [0.1, 0.15) is 53.4 Å². The lowest BCUT2D eigenvalue weighted by Crippen LogP contribution is -2.29. The van der Waals surface area contributed by atoms with Gasteiger partial charge in [-0.2, -0.15) is 0 Å². The van der Waals surface area contributed by atoms with Gasteiger partial charge in [-0.25, -0.2) is 9.59 Å². The molecule has 0 radical (unpaired) electrons. The first-order valence-electron chi connectivity index (χ1n) is 8.06. The van der Waals surface area contributed by atoms with E-state index in [2.05, 4.69) is 20.4 Å². The number of carbonyl (C=O) groups is 2. The summed E-state index contributed by atoms with van der Waals surface area (Å²) in [5.41, 5.74) is 0.346. The molecule has 0 bridgehead atoms. The van der Waals surface area contributed by atoms with Gasteiger partial charge >= 0.3 is 11.9 Å². The molecule has 1 atom stereocenters. The van der Waals surface area contributed by atoms with Gasteiger partial charge in [0.2, 0.25) is 5.75 Å². The van der Waals surface area contributed by atoms with Crippen LogP contribution in [0.25, 0.3) is 0 Å². The van der Waals surface area contributed by atoms with Gasteiger partial charge in [-0.1, -0.05) is 33.3 Å². The van der Waals surface area contributed by atoms with Gasteiger partial charge in [-0.15, -0.1) is 0 Å². The van der Waals surface area contributed by atoms with E-state index < -0.39 is 12.1 Å². The highest BCUT2D eigenvalue weighted by Crippen LogP contribution is 2.08. The van der Waals surface area contributed by atoms with E-state index in [0.29, 0.717) is 11.3 Å². The Bertz CT molecular complexity index is 347. The van der Waals surface area contributed by atoms with E-state index in [1.165, 1.54) is 0 Å². The van der Waals surface area contributed by atoms with Crippen LogP contribution in [-0.2, 0) is 30.0 Å². The van der Waals surface area contributed by atoms with Gasteiger partial charge in [0.1, 0.15) is 24.2 Å². The largest absolute Gasteiger partial charge is 0.458 e. The Kier molecular flexibility index (Phi) is 12.0. The van der Waals surface area contributed by atoms with Crippen molar-refractivity contribution < 1.29 is 19.1 Å². The summed E-state index contributed by atoms with van der Waals surface area (Å²) in [6, 6.07) is 0. The Labute approximate surface area is 138 Å². The van der Waals surface area contributed by atoms with E-state index in [1.807, 2.05) is 0 Å². The van der Waals surface area contributed by atoms with Gasteiger partial charge < -0.3 is 9.47 Å². The molecular weight excluding hydrogens is 300 g/mol. The van der Waals surface area contributed by atoms with Gasteiger partial charge in [0.05, 0.1) is 0 Å². The summed E-state index contributed by atoms with van der Waals surface area (Å²) < 4.78 is 10.3. The molecule has 0 aromatic carbocycles. The third-order valence-electron chi connectivity index (χ3n) is 3.03. The van der Waals surface area contributed by atoms with E-state index in [0.717, 1.165) is 37.2 Å². The van der Waals surface area contributed by atoms with Gasteiger partial charge in [-0.05, 0) is 37.6 Å². The number of unbranched alkanes of at least 4 members (excludes halogenated alkanes) is 2. The lowest BCUT2D eigenvalue weighted by molar-refractivity contribution is -0.153. The molecule has 0 heterocycles. The Morgan fingerprint density at radius 2 is 1.68 bits per heavy atom. The smallest absolute Gasteiger partial charge is 0.356 e. The highest BCUT2D eigenvalue weighted by molar-refractivity contribution is 7.97. The van der Waals surface area contributed by atoms with Crippen molar-refractivity contribution in [1.82, 2.24) is 0 Å². The standard InChI is InChI=1S/C17H31O4S/c1-6-8-10-22(11-9-7-2)13-16(18)21-15(5)12-20-17(19)14(3)4/h15H,3,6-13H2,1-2,4-5H3/q+1. The molecule has 5 heteroatoms. The number of ether oxygens (including phenoxy) is 2. The average Bonchev–Trinajstić information content (AvgIpc) is 2.47. The van der Waals surface area contributed by atoms with Crippen LogP contribution in [0.3, 0.4) is 0 Å². The first kappa shape index (κ1) is 21.0. The molecule has 0 aromatic rings. The molecule has 0 amide bonds. The number of hydrogen-bond acceptors (Lipinski definition) is 4. The Hall–Kier alpha value is -0.970. The van der Waals surface area contributed by atoms with Crippen molar-refractivity contribution in [2.45, 2.75) is 59.5 Å². The summed E-state index contributed by atoms with van der Waals surface area (Å²) in [6.07, 6.45) is 4.20. The van der Waals surface area contributed by atoms with Gasteiger partial charge in [0.25, 0.3) is 0 Å². The molecule has 0 N–H and O–H groups in total. The number of hydrogen-bond donors (Lipinski definition) is 0. The van der Waals surface area contributed by atoms with Crippen molar-refractivity contribution in [1.29, 1.82) is 0 Å². The number of esters is 2. The van der Waals surface area contributed by atoms with Crippen molar-refractivity contribution in [2.24, 2.45) is 0 Å². The molecule has 4 nitrogen and oxygen atoms in total. The zero-order chi connectivity index (χ0) is 17.0. The Morgan fingerprint density at radius 3 is 2.14 bits per heavy atom. The quantitative estimate of drug-likeness (QED) is 0.313. The molecule has 0 aliphatic carbocycles. The molecule has 0 fully saturated rings. The topological polar surface area (TPSA) is 52.6 Å². The highest BCUT2D eigenvalue weighted by Gasteiger charge is 2.24. The summed E-state index contributed by atoms with van der Waals surface area (Å²) in [7, 11) is 0.113. The lowest BCUT2D eigenvalue weighted by atomic mass is 10.3. The van der Waals surface area contributed by atoms with Crippen LogP contribution in [0.2, 0.25) is 0 Å². The fraction of sp³-hybridized carbons (Fsp3) is 0.765. The van der Waals surface area contributed by atoms with E-state index in [9.17, 15) is 9.59 Å². The highest BCUT2D eigenvalue weighted by atomic mass is 32.2. The van der Waals surface area contributed by atoms with Crippen LogP contribution in [0.5, 0.6) is 0 Å². The zero-order valence-corrected chi connectivity index (χ0v) is 15.3. The molecule has 0 spiro atoms. The van der Waals surface area contributed by atoms with E-state index in [1.54, 1.807) is 13.8 Å². The van der Waals surface area contributed by atoms with Crippen LogP contribution >= 0.6 is 0 Å². The first-order chi connectivity index (χ1) is 10.4. The molecule has 1 unspecified atom stereocenters. The summed E-state index contributed by atoms with van der Waals surface area (Å²) in [5, 5.41) is 0. The predicted octanol–water partition coefficient (Wildman–Crippen LogP) is 3.26. The van der Waals surface area contributed by atoms with Crippen molar-refractivity contribution >= 4 is 22.8 Å². The maximum atomic E-state index is 12.0. The molecule has 22 heavy (non-hydrogen) atoms. The molecule has 0 aromatic heterocycles. The molecule has 0 saturated heterocycles. The summed E-state index contributed by atoms with van der Waals surface area (Å²) >= 11 is 0. The van der Waals surface area contributed by atoms with Crippen molar-refractivity contribution in [3.8, 4) is 0 Å². The van der Waals surface area contributed by atoms with E-state index >= 15 is 0 Å². The fourth-order valence-electron chi connectivity index (χ4n) is 1.72. The summed E-state index contributed by atoms with van der Waals surface area (Å²) in [4.78, 5) is 23.3. The van der Waals surface area contributed by atoms with Gasteiger partial charge in [-0.3, -0.25) is 0 Å². The second-order valence-corrected chi connectivity index (χ2v) is 7.88. The molecule has 0 aliphatic rings. The maximum Gasteiger partial charge on any atom is 0.356 e. The molecule has 128 valence electrons. The minimum absolute atomic E-state index is 0.0785. The normalized spacial score (nSPS) is 12.0. The zero-order valence-electron chi connectivity index (χ0n) is 14.5. The third-order valence-corrected chi connectivity index (χ3v) is 5.40. The minimum Gasteiger partial charge on any atom is -0.458 e. The summed E-state index contributed by atoms with van der Waals surface area (Å²) in [6.45, 7) is 11.2. The second-order valence-electron chi connectivity index (χ2n) is 5.55.